The highest BCUT2D eigenvalue weighted by Gasteiger charge is 2.09. The third-order valence-electron chi connectivity index (χ3n) is 3.04. The average molecular weight is 329 g/mol. The number of hydrogen-bond acceptors (Lipinski definition) is 3. The van der Waals surface area contributed by atoms with E-state index in [0.29, 0.717) is 8.58 Å². The van der Waals surface area contributed by atoms with Gasteiger partial charge in [0.25, 0.3) is 0 Å². The standard InChI is InChI=1S/C19H24NO2P/c1-19(2,3)20-13-15-9-5-7-11-17(15)23-18-12-8-6-10-16(18)22-14-21-4/h5-13,23H,14H2,1-4H3. The van der Waals surface area contributed by atoms with Crippen molar-refractivity contribution in [2.45, 2.75) is 26.3 Å². The van der Waals surface area contributed by atoms with Crippen molar-refractivity contribution >= 4 is 25.4 Å². The molecule has 0 spiro atoms. The van der Waals surface area contributed by atoms with Crippen molar-refractivity contribution in [1.82, 2.24) is 0 Å². The lowest BCUT2D eigenvalue weighted by Crippen LogP contribution is -2.14. The van der Waals surface area contributed by atoms with Crippen molar-refractivity contribution in [2.75, 3.05) is 13.9 Å². The van der Waals surface area contributed by atoms with Gasteiger partial charge in [-0.25, -0.2) is 0 Å². The number of hydrogen-bond donors (Lipinski definition) is 0. The van der Waals surface area contributed by atoms with E-state index in [1.165, 1.54) is 10.6 Å². The molecule has 0 aliphatic carbocycles. The molecule has 0 saturated carbocycles. The molecular weight excluding hydrogens is 305 g/mol. The summed E-state index contributed by atoms with van der Waals surface area (Å²) in [6, 6.07) is 16.5. The van der Waals surface area contributed by atoms with Gasteiger partial charge in [0, 0.05) is 24.2 Å². The summed E-state index contributed by atoms with van der Waals surface area (Å²) in [5.74, 6) is 0.871. The molecule has 0 aromatic heterocycles. The maximum Gasteiger partial charge on any atom is 0.188 e. The number of rotatable bonds is 6. The fourth-order valence-electron chi connectivity index (χ4n) is 1.95. The monoisotopic (exact) mass is 329 g/mol. The van der Waals surface area contributed by atoms with Crippen molar-refractivity contribution in [1.29, 1.82) is 0 Å². The molecule has 0 amide bonds. The Bertz CT molecular complexity index is 662. The molecule has 122 valence electrons. The van der Waals surface area contributed by atoms with Gasteiger partial charge in [0.15, 0.2) is 6.79 Å². The lowest BCUT2D eigenvalue weighted by molar-refractivity contribution is 0.0519. The molecule has 3 nitrogen and oxygen atoms in total. The quantitative estimate of drug-likeness (QED) is 0.461. The van der Waals surface area contributed by atoms with Crippen molar-refractivity contribution in [2.24, 2.45) is 4.99 Å². The number of nitrogens with zero attached hydrogens (tertiary/aromatic N) is 1. The van der Waals surface area contributed by atoms with E-state index in [1.54, 1.807) is 7.11 Å². The fraction of sp³-hybridized carbons (Fsp3) is 0.316. The third-order valence-corrected chi connectivity index (χ3v) is 4.45. The van der Waals surface area contributed by atoms with Crippen LogP contribution >= 0.6 is 8.58 Å². The largest absolute Gasteiger partial charge is 0.467 e. The highest BCUT2D eigenvalue weighted by Crippen LogP contribution is 2.20. The summed E-state index contributed by atoms with van der Waals surface area (Å²) in [6.07, 6.45) is 1.97. The van der Waals surface area contributed by atoms with Crippen molar-refractivity contribution in [3.63, 3.8) is 0 Å². The Morgan fingerprint density at radius 1 is 1.00 bits per heavy atom. The molecule has 2 aromatic carbocycles. The van der Waals surface area contributed by atoms with Crippen LogP contribution < -0.4 is 15.3 Å². The van der Waals surface area contributed by atoms with E-state index in [1.807, 2.05) is 30.5 Å². The highest BCUT2D eigenvalue weighted by molar-refractivity contribution is 7.56. The van der Waals surface area contributed by atoms with Crippen molar-refractivity contribution in [3.8, 4) is 5.75 Å². The third kappa shape index (κ3) is 5.78. The van der Waals surface area contributed by atoms with Crippen LogP contribution in [0.1, 0.15) is 26.3 Å². The lowest BCUT2D eigenvalue weighted by Gasteiger charge is -2.14. The van der Waals surface area contributed by atoms with Crippen LogP contribution in [0.2, 0.25) is 0 Å². The van der Waals surface area contributed by atoms with Gasteiger partial charge in [0.1, 0.15) is 5.75 Å². The second-order valence-corrected chi connectivity index (χ2v) is 7.52. The first-order chi connectivity index (χ1) is 11.0. The van der Waals surface area contributed by atoms with E-state index in [2.05, 4.69) is 50.0 Å². The Labute approximate surface area is 140 Å². The Morgan fingerprint density at radius 2 is 1.65 bits per heavy atom. The maximum absolute atomic E-state index is 5.66. The van der Waals surface area contributed by atoms with Gasteiger partial charge in [-0.3, -0.25) is 4.99 Å². The molecule has 0 fully saturated rings. The van der Waals surface area contributed by atoms with Gasteiger partial charge >= 0.3 is 0 Å². The molecule has 0 N–H and O–H groups in total. The molecule has 2 rings (SSSR count). The number of benzene rings is 2. The number of methoxy groups -OCH3 is 1. The Kier molecular flexibility index (Phi) is 6.32. The molecule has 23 heavy (non-hydrogen) atoms. The predicted octanol–water partition coefficient (Wildman–Crippen LogP) is 3.52. The van der Waals surface area contributed by atoms with Crippen LogP contribution in [0.3, 0.4) is 0 Å². The predicted molar refractivity (Wildman–Crippen MR) is 100 cm³/mol. The maximum atomic E-state index is 5.66. The van der Waals surface area contributed by atoms with E-state index in [0.717, 1.165) is 11.3 Å². The summed E-state index contributed by atoms with van der Waals surface area (Å²) in [5, 5.41) is 2.43. The van der Waals surface area contributed by atoms with Gasteiger partial charge < -0.3 is 9.47 Å². The molecule has 4 heteroatoms. The summed E-state index contributed by atoms with van der Waals surface area (Å²) < 4.78 is 10.7. The minimum absolute atomic E-state index is 0.0737. The smallest absolute Gasteiger partial charge is 0.188 e. The summed E-state index contributed by atoms with van der Waals surface area (Å²) >= 11 is 0. The van der Waals surface area contributed by atoms with Crippen molar-refractivity contribution in [3.05, 3.63) is 54.1 Å². The molecule has 0 aliphatic rings. The van der Waals surface area contributed by atoms with Gasteiger partial charge in [-0.1, -0.05) is 51.0 Å². The van der Waals surface area contributed by atoms with Gasteiger partial charge in [0.2, 0.25) is 0 Å². The van der Waals surface area contributed by atoms with Gasteiger partial charge in [-0.2, -0.15) is 0 Å². The normalized spacial score (nSPS) is 12.3. The summed E-state index contributed by atoms with van der Waals surface area (Å²) in [6.45, 7) is 6.56. The van der Waals surface area contributed by atoms with E-state index in [9.17, 15) is 0 Å². The topological polar surface area (TPSA) is 30.8 Å². The SMILES string of the molecule is COCOc1ccccc1Pc1ccccc1C=NC(C)(C)C. The molecule has 2 aromatic rings. The van der Waals surface area contributed by atoms with Crippen molar-refractivity contribution < 1.29 is 9.47 Å². The highest BCUT2D eigenvalue weighted by atomic mass is 31.1. The summed E-state index contributed by atoms with van der Waals surface area (Å²) in [4.78, 5) is 4.63. The Morgan fingerprint density at radius 3 is 2.35 bits per heavy atom. The second-order valence-electron chi connectivity index (χ2n) is 6.19. The van der Waals surface area contributed by atoms with E-state index in [4.69, 9.17) is 9.47 Å². The molecule has 0 saturated heterocycles. The zero-order valence-electron chi connectivity index (χ0n) is 14.2. The molecule has 0 bridgehead atoms. The number of para-hydroxylation sites is 1. The summed E-state index contributed by atoms with van der Waals surface area (Å²) in [5.41, 5.74) is 1.08. The van der Waals surface area contributed by atoms with E-state index in [-0.39, 0.29) is 12.3 Å². The second kappa shape index (κ2) is 8.24. The zero-order valence-corrected chi connectivity index (χ0v) is 15.2. The number of ether oxygens (including phenoxy) is 2. The molecular formula is C19H24NO2P. The first-order valence-electron chi connectivity index (χ1n) is 7.61. The van der Waals surface area contributed by atoms with Crippen LogP contribution in [-0.2, 0) is 4.74 Å². The van der Waals surface area contributed by atoms with Crippen LogP contribution in [0.5, 0.6) is 5.75 Å². The first kappa shape index (κ1) is 17.7. The molecule has 0 radical (unpaired) electrons. The Balaban J connectivity index is 2.26. The van der Waals surface area contributed by atoms with Crippen LogP contribution in [0.4, 0.5) is 0 Å². The minimum Gasteiger partial charge on any atom is -0.467 e. The molecule has 0 heterocycles. The summed E-state index contributed by atoms with van der Waals surface area (Å²) in [7, 11) is 2.14. The first-order valence-corrected chi connectivity index (χ1v) is 8.61. The number of aliphatic imine (C=N–C) groups is 1. The van der Waals surface area contributed by atoms with Crippen LogP contribution in [0, 0.1) is 0 Å². The molecule has 1 atom stereocenters. The zero-order chi connectivity index (χ0) is 16.7. The molecule has 1 unspecified atom stereocenters. The van der Waals surface area contributed by atoms with Gasteiger partial charge in [0.05, 0.1) is 5.54 Å². The fourth-order valence-corrected chi connectivity index (χ4v) is 3.17. The minimum atomic E-state index is -0.0737. The van der Waals surface area contributed by atoms with Crippen LogP contribution in [0.25, 0.3) is 0 Å². The van der Waals surface area contributed by atoms with E-state index >= 15 is 0 Å². The van der Waals surface area contributed by atoms with Crippen LogP contribution in [-0.4, -0.2) is 25.7 Å². The molecule has 0 aliphatic heterocycles. The van der Waals surface area contributed by atoms with Crippen LogP contribution in [0.15, 0.2) is 53.5 Å². The lowest BCUT2D eigenvalue weighted by atomic mass is 10.1. The van der Waals surface area contributed by atoms with E-state index < -0.39 is 0 Å². The van der Waals surface area contributed by atoms with Gasteiger partial charge in [-0.05, 0) is 32.1 Å². The Hall–Kier alpha value is -1.70. The average Bonchev–Trinajstić information content (AvgIpc) is 2.52. The van der Waals surface area contributed by atoms with Gasteiger partial charge in [-0.15, -0.1) is 0 Å².